The van der Waals surface area contributed by atoms with Gasteiger partial charge in [-0.3, -0.25) is 9.59 Å². The van der Waals surface area contributed by atoms with Crippen molar-refractivity contribution in [3.05, 3.63) is 0 Å². The number of nitrogens with two attached hydrogens (primary N) is 1. The Hall–Kier alpha value is -1.06. The van der Waals surface area contributed by atoms with E-state index >= 15 is 0 Å². The molecule has 0 spiro atoms. The van der Waals surface area contributed by atoms with Gasteiger partial charge in [-0.25, -0.2) is 0 Å². The van der Waals surface area contributed by atoms with Crippen molar-refractivity contribution in [2.45, 2.75) is 20.3 Å². The summed E-state index contributed by atoms with van der Waals surface area (Å²) < 4.78 is 0. The van der Waals surface area contributed by atoms with Crippen molar-refractivity contribution in [2.75, 3.05) is 13.6 Å². The summed E-state index contributed by atoms with van der Waals surface area (Å²) in [5.74, 6) is -0.611. The molecule has 1 heterocycles. The molecule has 2 amide bonds. The largest absolute Gasteiger partial charge is 0.369 e. The van der Waals surface area contributed by atoms with Crippen molar-refractivity contribution in [1.29, 1.82) is 0 Å². The fourth-order valence-electron chi connectivity index (χ4n) is 1.66. The van der Waals surface area contributed by atoms with E-state index in [2.05, 4.69) is 0 Å². The summed E-state index contributed by atoms with van der Waals surface area (Å²) in [5, 5.41) is 0. The van der Waals surface area contributed by atoms with Crippen LogP contribution in [0.2, 0.25) is 0 Å². The summed E-state index contributed by atoms with van der Waals surface area (Å²) in [4.78, 5) is 24.3. The van der Waals surface area contributed by atoms with Crippen LogP contribution in [0.15, 0.2) is 0 Å². The molecule has 2 N–H and O–H groups in total. The second-order valence-electron chi connectivity index (χ2n) is 4.19. The monoisotopic (exact) mass is 184 g/mol. The van der Waals surface area contributed by atoms with E-state index in [0.717, 1.165) is 13.0 Å². The smallest absolute Gasteiger partial charge is 0.226 e. The Morgan fingerprint density at radius 1 is 1.62 bits per heavy atom. The van der Waals surface area contributed by atoms with Gasteiger partial charge in [-0.2, -0.15) is 0 Å². The number of primary amides is 1. The van der Waals surface area contributed by atoms with Gasteiger partial charge in [0.05, 0.1) is 11.3 Å². The quantitative estimate of drug-likeness (QED) is 0.655. The third-order valence-electron chi connectivity index (χ3n) is 2.93. The fraction of sp³-hybridized carbons (Fsp3) is 0.778. The van der Waals surface area contributed by atoms with Crippen LogP contribution in [-0.2, 0) is 9.59 Å². The van der Waals surface area contributed by atoms with Gasteiger partial charge in [0.25, 0.3) is 0 Å². The molecule has 1 aliphatic heterocycles. The zero-order chi connectivity index (χ0) is 10.2. The summed E-state index contributed by atoms with van der Waals surface area (Å²) in [6, 6.07) is 0. The van der Waals surface area contributed by atoms with Crippen LogP contribution in [0.3, 0.4) is 0 Å². The molecule has 0 saturated carbocycles. The van der Waals surface area contributed by atoms with Gasteiger partial charge in [0.2, 0.25) is 11.8 Å². The summed E-state index contributed by atoms with van der Waals surface area (Å²) in [7, 11) is 1.75. The molecule has 0 aromatic carbocycles. The molecule has 4 heteroatoms. The third kappa shape index (κ3) is 1.53. The van der Waals surface area contributed by atoms with E-state index in [1.807, 2.05) is 0 Å². The minimum atomic E-state index is -0.720. The van der Waals surface area contributed by atoms with Crippen molar-refractivity contribution in [1.82, 2.24) is 4.90 Å². The van der Waals surface area contributed by atoms with Crippen LogP contribution in [0.25, 0.3) is 0 Å². The molecular weight excluding hydrogens is 168 g/mol. The summed E-state index contributed by atoms with van der Waals surface area (Å²) in [6.07, 6.45) is 0.727. The van der Waals surface area contributed by atoms with Gasteiger partial charge >= 0.3 is 0 Å². The van der Waals surface area contributed by atoms with Gasteiger partial charge in [0.15, 0.2) is 0 Å². The molecule has 74 valence electrons. The first kappa shape index (κ1) is 10.0. The van der Waals surface area contributed by atoms with Gasteiger partial charge in [0.1, 0.15) is 0 Å². The zero-order valence-electron chi connectivity index (χ0n) is 8.33. The van der Waals surface area contributed by atoms with Gasteiger partial charge in [-0.1, -0.05) is 13.8 Å². The van der Waals surface area contributed by atoms with Crippen molar-refractivity contribution in [2.24, 2.45) is 17.1 Å². The Bertz CT molecular complexity index is 248. The van der Waals surface area contributed by atoms with Gasteiger partial charge in [0, 0.05) is 13.6 Å². The summed E-state index contributed by atoms with van der Waals surface area (Å²) >= 11 is 0. The van der Waals surface area contributed by atoms with Crippen molar-refractivity contribution < 1.29 is 9.59 Å². The minimum absolute atomic E-state index is 0.0313. The van der Waals surface area contributed by atoms with Crippen LogP contribution in [0.5, 0.6) is 0 Å². The molecule has 0 aromatic rings. The standard InChI is InChI=1S/C9H16N2O2/c1-9(2,8(10)13)6-4-5-11(3)7(6)12/h6H,4-5H2,1-3H3,(H2,10,13). The maximum absolute atomic E-state index is 11.6. The molecule has 0 bridgehead atoms. The van der Waals surface area contributed by atoms with Crippen LogP contribution >= 0.6 is 0 Å². The van der Waals surface area contributed by atoms with Crippen molar-refractivity contribution in [3.63, 3.8) is 0 Å². The number of likely N-dealkylation sites (tertiary alicyclic amines) is 1. The third-order valence-corrected chi connectivity index (χ3v) is 2.93. The van der Waals surface area contributed by atoms with Crippen LogP contribution < -0.4 is 5.73 Å². The average Bonchev–Trinajstić information content (AvgIpc) is 2.33. The molecule has 1 atom stereocenters. The van der Waals surface area contributed by atoms with Crippen LogP contribution in [0.4, 0.5) is 0 Å². The number of carbonyl (C=O) groups excluding carboxylic acids is 2. The van der Waals surface area contributed by atoms with E-state index in [9.17, 15) is 9.59 Å². The van der Waals surface area contributed by atoms with Gasteiger partial charge in [-0.05, 0) is 6.42 Å². The first-order chi connectivity index (χ1) is 5.87. The maximum atomic E-state index is 11.6. The molecule has 4 nitrogen and oxygen atoms in total. The van der Waals surface area contributed by atoms with E-state index in [4.69, 9.17) is 5.73 Å². The molecule has 0 aliphatic carbocycles. The van der Waals surface area contributed by atoms with E-state index in [1.165, 1.54) is 0 Å². The van der Waals surface area contributed by atoms with Crippen LogP contribution in [0, 0.1) is 11.3 Å². The van der Waals surface area contributed by atoms with Crippen LogP contribution in [0.1, 0.15) is 20.3 Å². The van der Waals surface area contributed by atoms with Crippen LogP contribution in [-0.4, -0.2) is 30.3 Å². The normalized spacial score (nSPS) is 23.8. The molecule has 1 aliphatic rings. The lowest BCUT2D eigenvalue weighted by atomic mass is 9.77. The Balaban J connectivity index is 2.84. The van der Waals surface area contributed by atoms with Crippen molar-refractivity contribution >= 4 is 11.8 Å². The average molecular weight is 184 g/mol. The molecule has 1 fully saturated rings. The lowest BCUT2D eigenvalue weighted by Crippen LogP contribution is -2.41. The number of hydrogen-bond donors (Lipinski definition) is 1. The highest BCUT2D eigenvalue weighted by atomic mass is 16.2. The Morgan fingerprint density at radius 3 is 2.46 bits per heavy atom. The van der Waals surface area contributed by atoms with Gasteiger partial charge < -0.3 is 10.6 Å². The molecule has 1 unspecified atom stereocenters. The Morgan fingerprint density at radius 2 is 2.15 bits per heavy atom. The number of hydrogen-bond acceptors (Lipinski definition) is 2. The van der Waals surface area contributed by atoms with E-state index in [1.54, 1.807) is 25.8 Å². The first-order valence-corrected chi connectivity index (χ1v) is 4.42. The second kappa shape index (κ2) is 3.01. The number of carbonyl (C=O) groups is 2. The number of nitrogens with zero attached hydrogens (tertiary/aromatic N) is 1. The van der Waals surface area contributed by atoms with Gasteiger partial charge in [-0.15, -0.1) is 0 Å². The highest BCUT2D eigenvalue weighted by molar-refractivity contribution is 5.90. The molecule has 0 radical (unpaired) electrons. The molecular formula is C9H16N2O2. The maximum Gasteiger partial charge on any atom is 0.226 e. The summed E-state index contributed by atoms with van der Waals surface area (Å²) in [6.45, 7) is 4.19. The van der Waals surface area contributed by atoms with E-state index < -0.39 is 11.3 Å². The Labute approximate surface area is 78.1 Å². The molecule has 13 heavy (non-hydrogen) atoms. The number of rotatable bonds is 2. The molecule has 1 rings (SSSR count). The molecule has 0 aromatic heterocycles. The predicted octanol–water partition coefficient (Wildman–Crippen LogP) is -0.0238. The zero-order valence-corrected chi connectivity index (χ0v) is 8.33. The predicted molar refractivity (Wildman–Crippen MR) is 48.7 cm³/mol. The molecule has 1 saturated heterocycles. The minimum Gasteiger partial charge on any atom is -0.369 e. The fourth-order valence-corrected chi connectivity index (χ4v) is 1.66. The summed E-state index contributed by atoms with van der Waals surface area (Å²) in [5.41, 5.74) is 4.53. The second-order valence-corrected chi connectivity index (χ2v) is 4.19. The SMILES string of the molecule is CN1CCC(C(C)(C)C(N)=O)C1=O. The highest BCUT2D eigenvalue weighted by Gasteiger charge is 2.44. The van der Waals surface area contributed by atoms with Crippen molar-refractivity contribution in [3.8, 4) is 0 Å². The van der Waals surface area contributed by atoms with E-state index in [0.29, 0.717) is 0 Å². The lowest BCUT2D eigenvalue weighted by Gasteiger charge is -2.26. The lowest BCUT2D eigenvalue weighted by molar-refractivity contribution is -0.139. The Kier molecular flexibility index (Phi) is 2.32. The van der Waals surface area contributed by atoms with E-state index in [-0.39, 0.29) is 11.8 Å². The first-order valence-electron chi connectivity index (χ1n) is 4.42. The highest BCUT2D eigenvalue weighted by Crippen LogP contribution is 2.34. The number of amides is 2. The topological polar surface area (TPSA) is 63.4 Å².